The van der Waals surface area contributed by atoms with Crippen molar-refractivity contribution in [3.8, 4) is 5.75 Å². The summed E-state index contributed by atoms with van der Waals surface area (Å²) in [4.78, 5) is 0. The van der Waals surface area contributed by atoms with E-state index in [0.717, 1.165) is 12.1 Å². The highest BCUT2D eigenvalue weighted by Gasteiger charge is 2.31. The SMILES string of the molecule is Nc1cc(C(F)(F)F)ccc1OC1CCS(=O)(=O)CC1. The number of rotatable bonds is 2. The van der Waals surface area contributed by atoms with Crippen LogP contribution in [0.15, 0.2) is 18.2 Å². The number of benzene rings is 1. The van der Waals surface area contributed by atoms with Crippen LogP contribution in [0, 0.1) is 0 Å². The van der Waals surface area contributed by atoms with E-state index in [4.69, 9.17) is 10.5 Å². The molecule has 8 heteroatoms. The number of halogens is 3. The van der Waals surface area contributed by atoms with Crippen molar-refractivity contribution in [3.63, 3.8) is 0 Å². The Morgan fingerprint density at radius 1 is 1.20 bits per heavy atom. The number of alkyl halides is 3. The number of hydrogen-bond donors (Lipinski definition) is 1. The average molecular weight is 309 g/mol. The third-order valence-electron chi connectivity index (χ3n) is 3.13. The number of anilines is 1. The maximum atomic E-state index is 12.5. The van der Waals surface area contributed by atoms with Gasteiger partial charge in [-0.3, -0.25) is 0 Å². The van der Waals surface area contributed by atoms with Crippen LogP contribution in [-0.2, 0) is 16.0 Å². The third kappa shape index (κ3) is 3.56. The lowest BCUT2D eigenvalue weighted by atomic mass is 10.1. The number of sulfone groups is 1. The van der Waals surface area contributed by atoms with Gasteiger partial charge in [0.15, 0.2) is 9.84 Å². The minimum atomic E-state index is -4.45. The standard InChI is InChI=1S/C12H14F3NO3S/c13-12(14,15)8-1-2-11(10(16)7-8)19-9-3-5-20(17,18)6-4-9/h1-2,7,9H,3-6,16H2. The second kappa shape index (κ2) is 5.16. The second-order valence-corrected chi connectivity index (χ2v) is 7.02. The summed E-state index contributed by atoms with van der Waals surface area (Å²) in [5.41, 5.74) is 4.60. The molecule has 112 valence electrons. The van der Waals surface area contributed by atoms with Gasteiger partial charge in [0.05, 0.1) is 22.8 Å². The highest BCUT2D eigenvalue weighted by molar-refractivity contribution is 7.91. The van der Waals surface area contributed by atoms with Crippen molar-refractivity contribution in [2.45, 2.75) is 25.1 Å². The van der Waals surface area contributed by atoms with Crippen LogP contribution in [0.5, 0.6) is 5.75 Å². The zero-order valence-electron chi connectivity index (χ0n) is 10.5. The molecular formula is C12H14F3NO3S. The number of hydrogen-bond acceptors (Lipinski definition) is 4. The Morgan fingerprint density at radius 2 is 1.80 bits per heavy atom. The molecule has 0 amide bonds. The molecule has 0 bridgehead atoms. The molecule has 2 N–H and O–H groups in total. The molecule has 1 aliphatic heterocycles. The minimum Gasteiger partial charge on any atom is -0.488 e. The van der Waals surface area contributed by atoms with E-state index in [1.165, 1.54) is 6.07 Å². The van der Waals surface area contributed by atoms with Crippen LogP contribution in [-0.4, -0.2) is 26.0 Å². The fourth-order valence-electron chi connectivity index (χ4n) is 2.00. The number of nitrogen functional groups attached to an aromatic ring is 1. The maximum absolute atomic E-state index is 12.5. The van der Waals surface area contributed by atoms with E-state index in [0.29, 0.717) is 12.8 Å². The molecule has 1 fully saturated rings. The third-order valence-corrected chi connectivity index (χ3v) is 4.85. The molecule has 0 unspecified atom stereocenters. The maximum Gasteiger partial charge on any atom is 0.416 e. The summed E-state index contributed by atoms with van der Waals surface area (Å²) < 4.78 is 65.5. The average Bonchev–Trinajstić information content (AvgIpc) is 2.33. The van der Waals surface area contributed by atoms with Gasteiger partial charge in [0.25, 0.3) is 0 Å². The van der Waals surface area contributed by atoms with E-state index >= 15 is 0 Å². The first-order valence-electron chi connectivity index (χ1n) is 6.01. The van der Waals surface area contributed by atoms with Gasteiger partial charge in [0, 0.05) is 0 Å². The van der Waals surface area contributed by atoms with Crippen LogP contribution in [0.1, 0.15) is 18.4 Å². The molecule has 1 heterocycles. The Morgan fingerprint density at radius 3 is 2.30 bits per heavy atom. The molecule has 0 radical (unpaired) electrons. The van der Waals surface area contributed by atoms with E-state index < -0.39 is 21.6 Å². The normalized spacial score (nSPS) is 19.8. The first-order chi connectivity index (χ1) is 9.17. The molecule has 4 nitrogen and oxygen atoms in total. The Balaban J connectivity index is 2.08. The van der Waals surface area contributed by atoms with Crippen molar-refractivity contribution in [1.29, 1.82) is 0 Å². The van der Waals surface area contributed by atoms with Gasteiger partial charge in [-0.05, 0) is 31.0 Å². The number of ether oxygens (including phenoxy) is 1. The van der Waals surface area contributed by atoms with Gasteiger partial charge in [-0.2, -0.15) is 13.2 Å². The van der Waals surface area contributed by atoms with E-state index in [1.54, 1.807) is 0 Å². The fraction of sp³-hybridized carbons (Fsp3) is 0.500. The lowest BCUT2D eigenvalue weighted by Crippen LogP contribution is -2.30. The Hall–Kier alpha value is -1.44. The molecule has 1 aliphatic rings. The van der Waals surface area contributed by atoms with E-state index in [-0.39, 0.29) is 29.0 Å². The smallest absolute Gasteiger partial charge is 0.416 e. The predicted octanol–water partition coefficient (Wildman–Crippen LogP) is 2.24. The molecule has 1 aromatic rings. The summed E-state index contributed by atoms with van der Waals surface area (Å²) in [5.74, 6) is 0.207. The molecule has 1 saturated heterocycles. The van der Waals surface area contributed by atoms with Crippen LogP contribution >= 0.6 is 0 Å². The fourth-order valence-corrected chi connectivity index (χ4v) is 3.45. The van der Waals surface area contributed by atoms with Crippen molar-refractivity contribution < 1.29 is 26.3 Å². The zero-order chi connectivity index (χ0) is 15.0. The summed E-state index contributed by atoms with van der Waals surface area (Å²) >= 11 is 0. The lowest BCUT2D eigenvalue weighted by Gasteiger charge is -2.24. The van der Waals surface area contributed by atoms with Crippen LogP contribution in [0.2, 0.25) is 0 Å². The van der Waals surface area contributed by atoms with Crippen molar-refractivity contribution in [1.82, 2.24) is 0 Å². The van der Waals surface area contributed by atoms with Gasteiger partial charge in [-0.25, -0.2) is 8.42 Å². The predicted molar refractivity (Wildman–Crippen MR) is 68.2 cm³/mol. The molecule has 0 spiro atoms. The van der Waals surface area contributed by atoms with Gasteiger partial charge in [-0.15, -0.1) is 0 Å². The largest absolute Gasteiger partial charge is 0.488 e. The van der Waals surface area contributed by atoms with Gasteiger partial charge in [-0.1, -0.05) is 0 Å². The van der Waals surface area contributed by atoms with Gasteiger partial charge >= 0.3 is 6.18 Å². The van der Waals surface area contributed by atoms with Crippen LogP contribution in [0.3, 0.4) is 0 Å². The summed E-state index contributed by atoms with van der Waals surface area (Å²) in [5, 5.41) is 0. The van der Waals surface area contributed by atoms with Crippen molar-refractivity contribution in [2.75, 3.05) is 17.2 Å². The monoisotopic (exact) mass is 309 g/mol. The van der Waals surface area contributed by atoms with Crippen LogP contribution < -0.4 is 10.5 Å². The number of nitrogens with two attached hydrogens (primary N) is 1. The molecule has 1 aromatic carbocycles. The first kappa shape index (κ1) is 15.0. The summed E-state index contributed by atoms with van der Waals surface area (Å²) in [6.07, 6.45) is -4.14. The summed E-state index contributed by atoms with van der Waals surface area (Å²) in [7, 11) is -3.00. The Labute approximate surface area is 114 Å². The van der Waals surface area contributed by atoms with E-state index in [1.807, 2.05) is 0 Å². The lowest BCUT2D eigenvalue weighted by molar-refractivity contribution is -0.137. The van der Waals surface area contributed by atoms with Gasteiger partial charge in [0.1, 0.15) is 11.9 Å². The second-order valence-electron chi connectivity index (χ2n) is 4.72. The van der Waals surface area contributed by atoms with Crippen molar-refractivity contribution in [3.05, 3.63) is 23.8 Å². The molecule has 0 atom stereocenters. The van der Waals surface area contributed by atoms with Crippen molar-refractivity contribution in [2.24, 2.45) is 0 Å². The van der Waals surface area contributed by atoms with E-state index in [9.17, 15) is 21.6 Å². The minimum absolute atomic E-state index is 0.0260. The first-order valence-corrected chi connectivity index (χ1v) is 7.83. The topological polar surface area (TPSA) is 69.4 Å². The molecule has 0 aromatic heterocycles. The Bertz CT molecular complexity index is 584. The van der Waals surface area contributed by atoms with Crippen LogP contribution in [0.25, 0.3) is 0 Å². The quantitative estimate of drug-likeness (QED) is 0.851. The zero-order valence-corrected chi connectivity index (χ0v) is 11.3. The molecule has 20 heavy (non-hydrogen) atoms. The summed E-state index contributed by atoms with van der Waals surface area (Å²) in [6.45, 7) is 0. The summed E-state index contributed by atoms with van der Waals surface area (Å²) in [6, 6.07) is 2.88. The van der Waals surface area contributed by atoms with Crippen molar-refractivity contribution >= 4 is 15.5 Å². The molecule has 0 saturated carbocycles. The van der Waals surface area contributed by atoms with Gasteiger partial charge < -0.3 is 10.5 Å². The van der Waals surface area contributed by atoms with Crippen LogP contribution in [0.4, 0.5) is 18.9 Å². The van der Waals surface area contributed by atoms with E-state index in [2.05, 4.69) is 0 Å². The Kier molecular flexibility index (Phi) is 3.86. The molecule has 0 aliphatic carbocycles. The highest BCUT2D eigenvalue weighted by Crippen LogP contribution is 2.34. The molecule has 2 rings (SSSR count). The molecular weight excluding hydrogens is 295 g/mol. The highest BCUT2D eigenvalue weighted by atomic mass is 32.2. The van der Waals surface area contributed by atoms with Gasteiger partial charge in [0.2, 0.25) is 0 Å².